The lowest BCUT2D eigenvalue weighted by atomic mass is 10.3. The highest BCUT2D eigenvalue weighted by molar-refractivity contribution is 5.19. The van der Waals surface area contributed by atoms with Gasteiger partial charge in [-0.25, -0.2) is 10.1 Å². The van der Waals surface area contributed by atoms with Gasteiger partial charge in [0.2, 0.25) is 0 Å². The third-order valence-electron chi connectivity index (χ3n) is 1.90. The number of rotatable bonds is 2. The van der Waals surface area contributed by atoms with E-state index in [1.54, 1.807) is 10.7 Å². The SMILES string of the molecule is C[C@H]([NH3+])c1ncnn1-c1ccc(=O)[nH]n1. The summed E-state index contributed by atoms with van der Waals surface area (Å²) in [4.78, 5) is 14.9. The summed E-state index contributed by atoms with van der Waals surface area (Å²) in [6.45, 7) is 1.91. The third-order valence-corrected chi connectivity index (χ3v) is 1.90. The standard InChI is InChI=1S/C8H10N6O/c1-5(9)8-10-4-11-14(8)6-2-3-7(15)13-12-6/h2-5H,9H2,1H3,(H,13,15)/p+1/t5-/m0/s1. The molecule has 0 saturated heterocycles. The van der Waals surface area contributed by atoms with Crippen molar-refractivity contribution in [3.05, 3.63) is 34.6 Å². The molecule has 0 bridgehead atoms. The van der Waals surface area contributed by atoms with E-state index >= 15 is 0 Å². The molecule has 4 N–H and O–H groups in total. The van der Waals surface area contributed by atoms with Crippen LogP contribution in [-0.2, 0) is 0 Å². The van der Waals surface area contributed by atoms with Gasteiger partial charge < -0.3 is 5.73 Å². The lowest BCUT2D eigenvalue weighted by Crippen LogP contribution is -2.52. The summed E-state index contributed by atoms with van der Waals surface area (Å²) in [6, 6.07) is 2.97. The van der Waals surface area contributed by atoms with Crippen molar-refractivity contribution in [2.45, 2.75) is 13.0 Å². The Morgan fingerprint density at radius 1 is 1.53 bits per heavy atom. The molecule has 0 radical (unpaired) electrons. The molecule has 2 aromatic heterocycles. The van der Waals surface area contributed by atoms with Gasteiger partial charge in [0.05, 0.1) is 0 Å². The quantitative estimate of drug-likeness (QED) is 0.635. The number of H-pyrrole nitrogens is 1. The second kappa shape index (κ2) is 3.62. The van der Waals surface area contributed by atoms with Crippen molar-refractivity contribution in [2.75, 3.05) is 0 Å². The molecule has 7 heteroatoms. The molecular formula is C8H11N6O+. The first kappa shape index (κ1) is 9.53. The Morgan fingerprint density at radius 3 is 2.93 bits per heavy atom. The maximum absolute atomic E-state index is 10.8. The minimum Gasteiger partial charge on any atom is -0.349 e. The van der Waals surface area contributed by atoms with Gasteiger partial charge in [-0.3, -0.25) is 4.79 Å². The van der Waals surface area contributed by atoms with Crippen LogP contribution in [0.3, 0.4) is 0 Å². The van der Waals surface area contributed by atoms with E-state index in [4.69, 9.17) is 0 Å². The Bertz CT molecular complexity index is 493. The van der Waals surface area contributed by atoms with Crippen LogP contribution in [0.15, 0.2) is 23.3 Å². The molecule has 1 atom stereocenters. The molecule has 7 nitrogen and oxygen atoms in total. The summed E-state index contributed by atoms with van der Waals surface area (Å²) in [6.07, 6.45) is 1.43. The lowest BCUT2D eigenvalue weighted by Gasteiger charge is -2.04. The van der Waals surface area contributed by atoms with Gasteiger partial charge in [-0.05, 0) is 13.0 Å². The first-order valence-electron chi connectivity index (χ1n) is 4.47. The number of nitrogens with zero attached hydrogens (tertiary/aromatic N) is 4. The van der Waals surface area contributed by atoms with E-state index in [0.717, 1.165) is 0 Å². The fraction of sp³-hybridized carbons (Fsp3) is 0.250. The zero-order chi connectivity index (χ0) is 10.8. The maximum Gasteiger partial charge on any atom is 0.264 e. The van der Waals surface area contributed by atoms with E-state index in [1.807, 2.05) is 6.92 Å². The van der Waals surface area contributed by atoms with Crippen molar-refractivity contribution in [1.29, 1.82) is 0 Å². The van der Waals surface area contributed by atoms with Gasteiger partial charge in [-0.1, -0.05) is 0 Å². The molecule has 0 spiro atoms. The highest BCUT2D eigenvalue weighted by Gasteiger charge is 2.13. The summed E-state index contributed by atoms with van der Waals surface area (Å²) >= 11 is 0. The molecule has 0 aliphatic rings. The van der Waals surface area contributed by atoms with E-state index in [0.29, 0.717) is 11.6 Å². The van der Waals surface area contributed by atoms with Crippen LogP contribution >= 0.6 is 0 Å². The van der Waals surface area contributed by atoms with E-state index in [-0.39, 0.29) is 11.6 Å². The normalized spacial score (nSPS) is 12.7. The van der Waals surface area contributed by atoms with Crippen LogP contribution in [0.5, 0.6) is 0 Å². The van der Waals surface area contributed by atoms with Gasteiger partial charge in [-0.15, -0.1) is 0 Å². The Balaban J connectivity index is 2.49. The summed E-state index contributed by atoms with van der Waals surface area (Å²) < 4.78 is 1.55. The summed E-state index contributed by atoms with van der Waals surface area (Å²) in [7, 11) is 0. The smallest absolute Gasteiger partial charge is 0.264 e. The topological polar surface area (TPSA) is 104 Å². The largest absolute Gasteiger partial charge is 0.349 e. The average Bonchev–Trinajstić information content (AvgIpc) is 2.67. The Morgan fingerprint density at radius 2 is 2.33 bits per heavy atom. The highest BCUT2D eigenvalue weighted by atomic mass is 16.1. The highest BCUT2D eigenvalue weighted by Crippen LogP contribution is 2.07. The van der Waals surface area contributed by atoms with Gasteiger partial charge in [0.1, 0.15) is 12.4 Å². The predicted octanol–water partition coefficient (Wildman–Crippen LogP) is -1.35. The molecule has 0 unspecified atom stereocenters. The van der Waals surface area contributed by atoms with Crippen LogP contribution in [0.2, 0.25) is 0 Å². The number of quaternary nitrogens is 1. The molecule has 0 aromatic carbocycles. The van der Waals surface area contributed by atoms with Crippen LogP contribution < -0.4 is 11.3 Å². The average molecular weight is 207 g/mol. The minimum atomic E-state index is -0.247. The van der Waals surface area contributed by atoms with E-state index in [1.165, 1.54) is 12.4 Å². The Kier molecular flexibility index (Phi) is 2.30. The minimum absolute atomic E-state index is 0.00114. The van der Waals surface area contributed by atoms with Gasteiger partial charge in [0, 0.05) is 6.07 Å². The Labute approximate surface area is 85.0 Å². The molecular weight excluding hydrogens is 196 g/mol. The molecule has 0 aliphatic carbocycles. The van der Waals surface area contributed by atoms with Crippen LogP contribution in [0.1, 0.15) is 18.8 Å². The molecule has 78 valence electrons. The monoisotopic (exact) mass is 207 g/mol. The molecule has 0 saturated carbocycles. The molecule has 0 amide bonds. The van der Waals surface area contributed by atoms with Crippen molar-refractivity contribution in [2.24, 2.45) is 0 Å². The number of hydrogen-bond donors (Lipinski definition) is 2. The van der Waals surface area contributed by atoms with E-state index in [9.17, 15) is 4.79 Å². The maximum atomic E-state index is 10.8. The summed E-state index contributed by atoms with van der Waals surface area (Å²) in [5.74, 6) is 1.23. The van der Waals surface area contributed by atoms with Crippen LogP contribution in [-0.4, -0.2) is 25.0 Å². The Hall–Kier alpha value is -2.02. The fourth-order valence-electron chi connectivity index (χ4n) is 1.22. The van der Waals surface area contributed by atoms with Crippen molar-refractivity contribution in [1.82, 2.24) is 25.0 Å². The number of aromatic amines is 1. The van der Waals surface area contributed by atoms with Crippen LogP contribution in [0, 0.1) is 0 Å². The lowest BCUT2D eigenvalue weighted by molar-refractivity contribution is -0.422. The van der Waals surface area contributed by atoms with Gasteiger partial charge in [-0.2, -0.15) is 14.9 Å². The molecule has 2 heterocycles. The summed E-state index contributed by atoms with van der Waals surface area (Å²) in [5, 5.41) is 10.2. The third kappa shape index (κ3) is 1.77. The van der Waals surface area contributed by atoms with Crippen molar-refractivity contribution >= 4 is 0 Å². The fourth-order valence-corrected chi connectivity index (χ4v) is 1.22. The molecule has 2 aromatic rings. The van der Waals surface area contributed by atoms with Gasteiger partial charge in [0.15, 0.2) is 11.6 Å². The molecule has 0 aliphatic heterocycles. The van der Waals surface area contributed by atoms with E-state index in [2.05, 4.69) is 26.0 Å². The zero-order valence-electron chi connectivity index (χ0n) is 8.21. The van der Waals surface area contributed by atoms with Crippen LogP contribution in [0.4, 0.5) is 0 Å². The number of nitrogens with one attached hydrogen (secondary N) is 1. The van der Waals surface area contributed by atoms with E-state index < -0.39 is 0 Å². The van der Waals surface area contributed by atoms with Gasteiger partial charge in [0.25, 0.3) is 5.56 Å². The predicted molar refractivity (Wildman–Crippen MR) is 51.1 cm³/mol. The molecule has 0 fully saturated rings. The van der Waals surface area contributed by atoms with Gasteiger partial charge >= 0.3 is 0 Å². The van der Waals surface area contributed by atoms with Crippen LogP contribution in [0.25, 0.3) is 5.82 Å². The first-order chi connectivity index (χ1) is 7.18. The first-order valence-corrected chi connectivity index (χ1v) is 4.47. The number of aromatic nitrogens is 5. The van der Waals surface area contributed by atoms with Crippen molar-refractivity contribution in [3.8, 4) is 5.82 Å². The van der Waals surface area contributed by atoms with Crippen molar-refractivity contribution < 1.29 is 5.73 Å². The summed E-state index contributed by atoms with van der Waals surface area (Å²) in [5.41, 5.74) is 3.61. The molecule has 15 heavy (non-hydrogen) atoms. The number of hydrogen-bond acceptors (Lipinski definition) is 4. The molecule has 2 rings (SSSR count). The second-order valence-electron chi connectivity index (χ2n) is 3.21. The zero-order valence-corrected chi connectivity index (χ0v) is 8.21. The van der Waals surface area contributed by atoms with Crippen molar-refractivity contribution in [3.63, 3.8) is 0 Å². The second-order valence-corrected chi connectivity index (χ2v) is 3.21.